The number of hydrogen-bond acceptors (Lipinski definition) is 3. The highest BCUT2D eigenvalue weighted by Gasteiger charge is 2.25. The first-order valence-electron chi connectivity index (χ1n) is 7.08. The zero-order valence-electron chi connectivity index (χ0n) is 12.3. The first kappa shape index (κ1) is 16.5. The molecule has 0 aliphatic carbocycles. The van der Waals surface area contributed by atoms with Gasteiger partial charge in [0.1, 0.15) is 12.1 Å². The molecule has 0 amide bonds. The van der Waals surface area contributed by atoms with Gasteiger partial charge in [-0.15, -0.1) is 0 Å². The lowest BCUT2D eigenvalue weighted by atomic mass is 10.1. The molecule has 2 unspecified atom stereocenters. The number of carbonyl (C=O) groups is 2. The first-order valence-corrected chi connectivity index (χ1v) is 7.08. The molecule has 2 aromatic rings. The normalized spacial score (nSPS) is 13.6. The topological polar surface area (TPSA) is 86.6 Å². The van der Waals surface area contributed by atoms with Gasteiger partial charge in [-0.1, -0.05) is 72.8 Å². The van der Waals surface area contributed by atoms with E-state index in [2.05, 4.69) is 5.32 Å². The summed E-state index contributed by atoms with van der Waals surface area (Å²) in [6.07, 6.45) is 3.09. The van der Waals surface area contributed by atoms with Crippen molar-refractivity contribution in [2.75, 3.05) is 0 Å². The molecule has 0 aromatic heterocycles. The molecule has 0 aliphatic heterocycles. The molecule has 0 fully saturated rings. The third-order valence-electron chi connectivity index (χ3n) is 3.27. The summed E-state index contributed by atoms with van der Waals surface area (Å²) in [5.74, 6) is -2.27. The number of aliphatic carboxylic acids is 2. The van der Waals surface area contributed by atoms with Gasteiger partial charge in [0.2, 0.25) is 0 Å². The predicted octanol–water partition coefficient (Wildman–Crippen LogP) is 2.57. The summed E-state index contributed by atoms with van der Waals surface area (Å²) < 4.78 is 0. The Labute approximate surface area is 133 Å². The molecule has 0 saturated heterocycles. The number of carboxylic acids is 2. The Kier molecular flexibility index (Phi) is 5.66. The molecule has 0 radical (unpaired) electrons. The van der Waals surface area contributed by atoms with Crippen LogP contribution in [0.2, 0.25) is 0 Å². The molecule has 0 heterocycles. The van der Waals surface area contributed by atoms with Gasteiger partial charge in [0.25, 0.3) is 0 Å². The molecule has 2 aromatic carbocycles. The van der Waals surface area contributed by atoms with Crippen molar-refractivity contribution in [1.29, 1.82) is 0 Å². The fourth-order valence-electron chi connectivity index (χ4n) is 2.12. The fraction of sp³-hybridized carbons (Fsp3) is 0.111. The van der Waals surface area contributed by atoms with Crippen LogP contribution in [-0.2, 0) is 9.59 Å². The van der Waals surface area contributed by atoms with Crippen molar-refractivity contribution in [1.82, 2.24) is 5.32 Å². The number of hydrogen-bond donors (Lipinski definition) is 3. The number of rotatable bonds is 7. The first-order chi connectivity index (χ1) is 11.1. The quantitative estimate of drug-likeness (QED) is 0.731. The van der Waals surface area contributed by atoms with Gasteiger partial charge in [-0.25, -0.2) is 0 Å². The van der Waals surface area contributed by atoms with E-state index in [-0.39, 0.29) is 0 Å². The molecule has 23 heavy (non-hydrogen) atoms. The van der Waals surface area contributed by atoms with Crippen molar-refractivity contribution >= 4 is 18.0 Å². The van der Waals surface area contributed by atoms with Crippen molar-refractivity contribution in [2.45, 2.75) is 12.1 Å². The molecule has 2 rings (SSSR count). The van der Waals surface area contributed by atoms with Crippen LogP contribution < -0.4 is 5.32 Å². The van der Waals surface area contributed by atoms with Crippen molar-refractivity contribution < 1.29 is 19.8 Å². The third-order valence-corrected chi connectivity index (χ3v) is 3.27. The molecule has 2 atom stereocenters. The number of carboxylic acid groups (broad SMARTS) is 2. The summed E-state index contributed by atoms with van der Waals surface area (Å²) in [6, 6.07) is 15.5. The van der Waals surface area contributed by atoms with Gasteiger partial charge in [0.05, 0.1) is 0 Å². The number of nitrogens with one attached hydrogen (secondary N) is 1. The van der Waals surface area contributed by atoms with Crippen molar-refractivity contribution in [3.8, 4) is 0 Å². The highest BCUT2D eigenvalue weighted by Crippen LogP contribution is 2.14. The van der Waals surface area contributed by atoms with Gasteiger partial charge >= 0.3 is 11.9 Å². The van der Waals surface area contributed by atoms with E-state index in [0.29, 0.717) is 5.56 Å². The predicted molar refractivity (Wildman–Crippen MR) is 86.9 cm³/mol. The van der Waals surface area contributed by atoms with Crippen LogP contribution in [0.3, 0.4) is 0 Å². The van der Waals surface area contributed by atoms with Crippen LogP contribution in [0.4, 0.5) is 0 Å². The van der Waals surface area contributed by atoms with Gasteiger partial charge in [-0.3, -0.25) is 14.9 Å². The van der Waals surface area contributed by atoms with E-state index in [1.807, 2.05) is 30.3 Å². The van der Waals surface area contributed by atoms with Gasteiger partial charge in [-0.05, 0) is 11.1 Å². The van der Waals surface area contributed by atoms with Crippen LogP contribution in [0.15, 0.2) is 66.7 Å². The average molecular weight is 311 g/mol. The lowest BCUT2D eigenvalue weighted by Gasteiger charge is -2.18. The second-order valence-electron chi connectivity index (χ2n) is 4.93. The second-order valence-corrected chi connectivity index (χ2v) is 4.93. The van der Waals surface area contributed by atoms with Crippen molar-refractivity contribution in [2.24, 2.45) is 0 Å². The Morgan fingerprint density at radius 1 is 0.870 bits per heavy atom. The standard InChI is InChI=1S/C18H17NO4/c20-17(21)15(12-11-13-7-3-1-4-8-13)19-16(18(22)23)14-9-5-2-6-10-14/h1-12,15-16,19H,(H,20,21)(H,22,23). The van der Waals surface area contributed by atoms with E-state index in [0.717, 1.165) is 5.56 Å². The van der Waals surface area contributed by atoms with Gasteiger partial charge < -0.3 is 10.2 Å². The number of benzene rings is 2. The molecule has 0 saturated carbocycles. The fourth-order valence-corrected chi connectivity index (χ4v) is 2.12. The van der Waals surface area contributed by atoms with Crippen LogP contribution in [0.1, 0.15) is 17.2 Å². The van der Waals surface area contributed by atoms with Crippen LogP contribution in [-0.4, -0.2) is 28.2 Å². The van der Waals surface area contributed by atoms with Gasteiger partial charge in [0, 0.05) is 0 Å². The van der Waals surface area contributed by atoms with Crippen LogP contribution >= 0.6 is 0 Å². The van der Waals surface area contributed by atoms with Crippen molar-refractivity contribution in [3.63, 3.8) is 0 Å². The highest BCUT2D eigenvalue weighted by atomic mass is 16.4. The SMILES string of the molecule is O=C(O)C(C=Cc1ccccc1)NC(C(=O)O)c1ccccc1. The summed E-state index contributed by atoms with van der Waals surface area (Å²) in [5.41, 5.74) is 1.34. The van der Waals surface area contributed by atoms with Crippen LogP contribution in [0.25, 0.3) is 6.08 Å². The summed E-state index contributed by atoms with van der Waals surface area (Å²) >= 11 is 0. The molecular formula is C18H17NO4. The van der Waals surface area contributed by atoms with Crippen molar-refractivity contribution in [3.05, 3.63) is 77.9 Å². The third kappa shape index (κ3) is 4.79. The van der Waals surface area contributed by atoms with E-state index in [9.17, 15) is 19.8 Å². The minimum Gasteiger partial charge on any atom is -0.480 e. The molecule has 0 bridgehead atoms. The smallest absolute Gasteiger partial charge is 0.325 e. The summed E-state index contributed by atoms with van der Waals surface area (Å²) in [4.78, 5) is 22.9. The molecule has 5 nitrogen and oxygen atoms in total. The van der Waals surface area contributed by atoms with Crippen LogP contribution in [0, 0.1) is 0 Å². The lowest BCUT2D eigenvalue weighted by molar-refractivity contribution is -0.141. The minimum absolute atomic E-state index is 0.499. The Bertz CT molecular complexity index is 683. The lowest BCUT2D eigenvalue weighted by Crippen LogP contribution is -2.40. The van der Waals surface area contributed by atoms with E-state index < -0.39 is 24.0 Å². The summed E-state index contributed by atoms with van der Waals surface area (Å²) in [5, 5.41) is 21.3. The maximum absolute atomic E-state index is 11.5. The summed E-state index contributed by atoms with van der Waals surface area (Å²) in [6.45, 7) is 0. The Morgan fingerprint density at radius 2 is 1.43 bits per heavy atom. The van der Waals surface area contributed by atoms with Gasteiger partial charge in [0.15, 0.2) is 0 Å². The zero-order chi connectivity index (χ0) is 16.7. The largest absolute Gasteiger partial charge is 0.480 e. The maximum Gasteiger partial charge on any atom is 0.325 e. The van der Waals surface area contributed by atoms with Gasteiger partial charge in [-0.2, -0.15) is 0 Å². The van der Waals surface area contributed by atoms with E-state index >= 15 is 0 Å². The van der Waals surface area contributed by atoms with Crippen LogP contribution in [0.5, 0.6) is 0 Å². The minimum atomic E-state index is -1.14. The second kappa shape index (κ2) is 7.91. The maximum atomic E-state index is 11.5. The monoisotopic (exact) mass is 311 g/mol. The molecule has 118 valence electrons. The summed E-state index contributed by atoms with van der Waals surface area (Å²) in [7, 11) is 0. The van der Waals surface area contributed by atoms with E-state index in [1.165, 1.54) is 6.08 Å². The molecule has 5 heteroatoms. The average Bonchev–Trinajstić information content (AvgIpc) is 2.56. The molecule has 3 N–H and O–H groups in total. The van der Waals surface area contributed by atoms with E-state index in [4.69, 9.17) is 0 Å². The zero-order valence-corrected chi connectivity index (χ0v) is 12.3. The Balaban J connectivity index is 2.19. The van der Waals surface area contributed by atoms with E-state index in [1.54, 1.807) is 36.4 Å². The molecular weight excluding hydrogens is 294 g/mol. The molecule has 0 aliphatic rings. The highest BCUT2D eigenvalue weighted by molar-refractivity contribution is 5.80. The Morgan fingerprint density at radius 3 is 1.96 bits per heavy atom. The molecule has 0 spiro atoms. The Hall–Kier alpha value is -2.92.